The summed E-state index contributed by atoms with van der Waals surface area (Å²) in [5.41, 5.74) is 61.6. The van der Waals surface area contributed by atoms with E-state index in [-0.39, 0.29) is 120 Å². The molecule has 12 amide bonds. The molecule has 14 atom stereocenters. The fourth-order valence-corrected chi connectivity index (χ4v) is 9.82. The molecular weight excluding hydrogens is 1310 g/mol. The second-order valence-electron chi connectivity index (χ2n) is 26.6. The third-order valence-electron chi connectivity index (χ3n) is 16.4. The van der Waals surface area contributed by atoms with Crippen molar-refractivity contribution in [3.8, 4) is 0 Å². The van der Waals surface area contributed by atoms with E-state index < -0.39 is 174 Å². The van der Waals surface area contributed by atoms with Crippen LogP contribution in [0.2, 0.25) is 0 Å². The molecule has 0 fully saturated rings. The lowest BCUT2D eigenvalue weighted by Crippen LogP contribution is -2.62. The van der Waals surface area contributed by atoms with Crippen molar-refractivity contribution < 1.29 is 57.5 Å². The Labute approximate surface area is 593 Å². The number of nitrogens with zero attached hydrogens (tertiary/aromatic N) is 4. The Hall–Kier alpha value is -9.36. The van der Waals surface area contributed by atoms with E-state index in [1.54, 1.807) is 69.2 Å². The number of hydrogen-bond donors (Lipinski definition) is 22. The van der Waals surface area contributed by atoms with Gasteiger partial charge in [0.15, 0.2) is 23.8 Å². The van der Waals surface area contributed by atoms with Crippen LogP contribution >= 0.6 is 0 Å². The molecule has 0 spiro atoms. The molecule has 0 aliphatic rings. The van der Waals surface area contributed by atoms with Crippen molar-refractivity contribution in [3.63, 3.8) is 0 Å². The van der Waals surface area contributed by atoms with Gasteiger partial charge < -0.3 is 122 Å². The number of primary amides is 1. The maximum absolute atomic E-state index is 14.5. The first-order chi connectivity index (χ1) is 47.1. The van der Waals surface area contributed by atoms with Crippen LogP contribution in [0.5, 0.6) is 0 Å². The molecule has 0 aliphatic heterocycles. The van der Waals surface area contributed by atoms with E-state index in [9.17, 15) is 57.5 Å². The van der Waals surface area contributed by atoms with Crippen LogP contribution in [0.1, 0.15) is 161 Å². The molecule has 0 aliphatic carbocycles. The van der Waals surface area contributed by atoms with E-state index >= 15 is 0 Å². The van der Waals surface area contributed by atoms with Crippen LogP contribution in [0, 0.1) is 35.5 Å². The van der Waals surface area contributed by atoms with Crippen molar-refractivity contribution in [1.82, 2.24) is 58.5 Å². The number of amides is 12. The van der Waals surface area contributed by atoms with E-state index in [4.69, 9.17) is 63.1 Å². The molecule has 0 saturated heterocycles. The van der Waals surface area contributed by atoms with Gasteiger partial charge in [-0.3, -0.25) is 77.5 Å². The summed E-state index contributed by atoms with van der Waals surface area (Å²) in [5, 5.41) is 29.2. The molecule has 101 heavy (non-hydrogen) atoms. The Morgan fingerprint density at radius 1 is 0.317 bits per heavy atom. The minimum absolute atomic E-state index is 0.00890. The molecule has 33 N–H and O–H groups in total. The van der Waals surface area contributed by atoms with Crippen LogP contribution in [0.15, 0.2) is 20.0 Å². The largest absolute Gasteiger partial charge is 0.370 e. The van der Waals surface area contributed by atoms with Gasteiger partial charge in [-0.15, -0.1) is 0 Å². The van der Waals surface area contributed by atoms with E-state index in [0.717, 1.165) is 0 Å². The molecule has 0 saturated carbocycles. The number of guanidine groups is 4. The first-order valence-corrected chi connectivity index (χ1v) is 34.4. The fourth-order valence-electron chi connectivity index (χ4n) is 9.82. The number of carbonyl (C=O) groups is 12. The van der Waals surface area contributed by atoms with Gasteiger partial charge in [-0.2, -0.15) is 0 Å². The molecule has 0 bridgehead atoms. The molecular formula is C63H122N26O12. The topological polar surface area (TPSA) is 673 Å². The van der Waals surface area contributed by atoms with Crippen molar-refractivity contribution in [2.24, 2.45) is 119 Å². The maximum atomic E-state index is 14.5. The quantitative estimate of drug-likeness (QED) is 0.0153. The van der Waals surface area contributed by atoms with Gasteiger partial charge in [0.05, 0.1) is 6.04 Å². The van der Waals surface area contributed by atoms with E-state index in [1.165, 1.54) is 6.92 Å². The molecule has 38 nitrogen and oxygen atoms in total. The van der Waals surface area contributed by atoms with Crippen molar-refractivity contribution in [2.45, 2.75) is 233 Å². The number of nitrogens with two attached hydrogens (primary N) is 11. The summed E-state index contributed by atoms with van der Waals surface area (Å²) in [4.78, 5) is 183. The summed E-state index contributed by atoms with van der Waals surface area (Å²) in [7, 11) is 0. The summed E-state index contributed by atoms with van der Waals surface area (Å²) < 4.78 is 0. The second-order valence-corrected chi connectivity index (χ2v) is 26.6. The summed E-state index contributed by atoms with van der Waals surface area (Å²) in [6, 6.07) is -15.3. The predicted molar refractivity (Wildman–Crippen MR) is 386 cm³/mol. The molecule has 0 unspecified atom stereocenters. The molecule has 38 heteroatoms. The molecule has 576 valence electrons. The molecule has 0 radical (unpaired) electrons. The molecule has 0 aromatic carbocycles. The van der Waals surface area contributed by atoms with Crippen molar-refractivity contribution >= 4 is 94.7 Å². The number of nitrogens with one attached hydrogen (secondary N) is 11. The van der Waals surface area contributed by atoms with Gasteiger partial charge in [-0.25, -0.2) is 0 Å². The van der Waals surface area contributed by atoms with Crippen LogP contribution in [0.4, 0.5) is 0 Å². The van der Waals surface area contributed by atoms with Gasteiger partial charge in [0.25, 0.3) is 0 Å². The number of hydrogen-bond acceptors (Lipinski definition) is 18. The Morgan fingerprint density at radius 3 is 0.941 bits per heavy atom. The first kappa shape index (κ1) is 91.6. The Balaban J connectivity index is 6.80. The molecule has 0 rings (SSSR count). The maximum Gasteiger partial charge on any atom is 0.244 e. The molecule has 0 aromatic rings. The smallest absolute Gasteiger partial charge is 0.244 e. The summed E-state index contributed by atoms with van der Waals surface area (Å²) in [6.45, 7) is 21.7. The lowest BCUT2D eigenvalue weighted by Gasteiger charge is -2.31. The van der Waals surface area contributed by atoms with Crippen molar-refractivity contribution in [2.75, 3.05) is 32.7 Å². The lowest BCUT2D eigenvalue weighted by molar-refractivity contribution is -0.137. The SMILES string of the molecule is CC[C@H](C)[C@H](NC(=O)[C@H](CCCN=C(N)N)NC(=O)[C@@H](NC(=O)[C@H](C)NC(=O)[C@@H](NC(=O)[C@@H](NC(=O)[C@H](CC(C)C)NC(=O)[C@H](CCCN=C(N)N)NC(=O)[C@@H](N)C(C)C)[C@@H](C)CC)C(C)C)C(C)C)C(=O)N[C@@H](CN)C(=O)N[C@@H](CCCN=C(N)N)C(=O)N[C@@H](CCCN=C(N)N)C(N)=O. The Bertz CT molecular complexity index is 2820. The van der Waals surface area contributed by atoms with Crippen LogP contribution in [0.25, 0.3) is 0 Å². The van der Waals surface area contributed by atoms with Crippen LogP contribution in [-0.4, -0.2) is 200 Å². The minimum atomic E-state index is -1.50. The van der Waals surface area contributed by atoms with Crippen LogP contribution < -0.4 is 122 Å². The second kappa shape index (κ2) is 47.6. The molecule has 0 aromatic heterocycles. The summed E-state index contributed by atoms with van der Waals surface area (Å²) in [5.74, 6) is -13.2. The fraction of sp³-hybridized carbons (Fsp3) is 0.746. The number of rotatable bonds is 49. The van der Waals surface area contributed by atoms with Crippen LogP contribution in [0.3, 0.4) is 0 Å². The highest BCUT2D eigenvalue weighted by molar-refractivity contribution is 6.00. The Morgan fingerprint density at radius 2 is 0.594 bits per heavy atom. The zero-order chi connectivity index (χ0) is 77.6. The predicted octanol–water partition coefficient (Wildman–Crippen LogP) is -6.57. The number of aliphatic imine (C=N–C) groups is 4. The summed E-state index contributed by atoms with van der Waals surface area (Å²) >= 11 is 0. The Kier molecular flexibility index (Phi) is 43.2. The zero-order valence-corrected chi connectivity index (χ0v) is 61.2. The van der Waals surface area contributed by atoms with Gasteiger partial charge in [-0.1, -0.05) is 95.9 Å². The summed E-state index contributed by atoms with van der Waals surface area (Å²) in [6.07, 6.45) is 1.54. The first-order valence-electron chi connectivity index (χ1n) is 34.4. The average Bonchev–Trinajstić information content (AvgIpc) is 0.852. The van der Waals surface area contributed by atoms with Gasteiger partial charge >= 0.3 is 0 Å². The highest BCUT2D eigenvalue weighted by atomic mass is 16.2. The van der Waals surface area contributed by atoms with Crippen LogP contribution in [-0.2, 0) is 57.5 Å². The average molecular weight is 1440 g/mol. The monoisotopic (exact) mass is 1430 g/mol. The van der Waals surface area contributed by atoms with Gasteiger partial charge in [-0.05, 0) is 100 Å². The highest BCUT2D eigenvalue weighted by Gasteiger charge is 2.39. The highest BCUT2D eigenvalue weighted by Crippen LogP contribution is 2.16. The van der Waals surface area contributed by atoms with E-state index in [0.29, 0.717) is 12.8 Å². The lowest BCUT2D eigenvalue weighted by atomic mass is 9.95. The number of carbonyl (C=O) groups excluding carboxylic acids is 12. The minimum Gasteiger partial charge on any atom is -0.370 e. The van der Waals surface area contributed by atoms with E-state index in [2.05, 4.69) is 78.5 Å². The normalized spacial score (nSPS) is 15.4. The van der Waals surface area contributed by atoms with Gasteiger partial charge in [0, 0.05) is 32.7 Å². The standard InChI is InChI=1S/C63H122N26O12/c1-14-34(11)46(58(100)85-42(29-64)54(96)81-38(21-17-25-76-61(69)70)50(92)80-37(48(66)90)20-16-24-75-60(67)68)88-52(94)40(23-19-27-78-63(73)74)83-57(99)45(33(9)10)86-49(91)36(13)79-56(98)44(32(7)8)87-59(101)47(35(12)15-2)89-53(95)41(28-30(3)4)84-51(93)39(22-18-26-77-62(71)72)82-55(97)43(65)31(5)6/h30-47H,14-29,64-65H2,1-13H3,(H2,66,90)(H,79,98)(H,80,92)(H,81,96)(H,82,97)(H,83,99)(H,84,93)(H,85,100)(H,86,91)(H,87,101)(H,88,94)(H,89,95)(H4,67,68,75)(H4,69,70,76)(H4,71,72,77)(H4,73,74,78)/t34-,35-,36-,37-,38-,39-,40-,41-,42-,43-,44-,45-,46-,47-/m0/s1. The zero-order valence-electron chi connectivity index (χ0n) is 61.2. The van der Waals surface area contributed by atoms with Crippen molar-refractivity contribution in [3.05, 3.63) is 0 Å². The third kappa shape index (κ3) is 36.0. The van der Waals surface area contributed by atoms with Gasteiger partial charge in [0.1, 0.15) is 66.5 Å². The van der Waals surface area contributed by atoms with Gasteiger partial charge in [0.2, 0.25) is 70.9 Å². The molecule has 0 heterocycles. The van der Waals surface area contributed by atoms with E-state index in [1.807, 2.05) is 13.8 Å². The third-order valence-corrected chi connectivity index (χ3v) is 16.4. The van der Waals surface area contributed by atoms with Crippen molar-refractivity contribution in [1.29, 1.82) is 0 Å².